The molecule has 5 heteroatoms. The van der Waals surface area contributed by atoms with E-state index >= 15 is 0 Å². The lowest BCUT2D eigenvalue weighted by Crippen LogP contribution is -2.35. The standard InChI is InChI=1S/C21H24ClN3O/c1-3-13-24(14-4-2)20(26)15-25-19-8-6-5-7-18(19)23-21(25)16-9-11-17(22)12-10-16/h5-12H,3-4,13-15H2,1-2H3. The van der Waals surface area contributed by atoms with Gasteiger partial charge in [-0.1, -0.05) is 37.6 Å². The van der Waals surface area contributed by atoms with E-state index in [4.69, 9.17) is 16.6 Å². The predicted molar refractivity (Wildman–Crippen MR) is 107 cm³/mol. The van der Waals surface area contributed by atoms with Gasteiger partial charge in [-0.3, -0.25) is 4.79 Å². The maximum atomic E-state index is 12.9. The Bertz CT molecular complexity index is 880. The van der Waals surface area contributed by atoms with Crippen molar-refractivity contribution in [1.29, 1.82) is 0 Å². The van der Waals surface area contributed by atoms with Gasteiger partial charge in [0.05, 0.1) is 11.0 Å². The van der Waals surface area contributed by atoms with Crippen LogP contribution in [-0.2, 0) is 11.3 Å². The number of amides is 1. The third-order valence-electron chi connectivity index (χ3n) is 4.39. The molecule has 0 fully saturated rings. The maximum Gasteiger partial charge on any atom is 0.242 e. The first-order valence-electron chi connectivity index (χ1n) is 9.13. The Morgan fingerprint density at radius 2 is 1.69 bits per heavy atom. The maximum absolute atomic E-state index is 12.9. The molecule has 0 radical (unpaired) electrons. The lowest BCUT2D eigenvalue weighted by Gasteiger charge is -2.22. The molecule has 0 aliphatic heterocycles. The zero-order valence-electron chi connectivity index (χ0n) is 15.3. The summed E-state index contributed by atoms with van der Waals surface area (Å²) in [5.41, 5.74) is 2.82. The topological polar surface area (TPSA) is 38.1 Å². The van der Waals surface area contributed by atoms with Crippen molar-refractivity contribution >= 4 is 28.5 Å². The van der Waals surface area contributed by atoms with Crippen molar-refractivity contribution in [3.8, 4) is 11.4 Å². The molecule has 0 bridgehead atoms. The molecule has 0 saturated carbocycles. The van der Waals surface area contributed by atoms with Crippen LogP contribution >= 0.6 is 11.6 Å². The summed E-state index contributed by atoms with van der Waals surface area (Å²) in [6.45, 7) is 6.06. The molecular formula is C21H24ClN3O. The molecule has 3 aromatic rings. The summed E-state index contributed by atoms with van der Waals surface area (Å²) in [6, 6.07) is 15.5. The third kappa shape index (κ3) is 3.91. The van der Waals surface area contributed by atoms with Crippen molar-refractivity contribution in [2.24, 2.45) is 0 Å². The summed E-state index contributed by atoms with van der Waals surface area (Å²) in [5.74, 6) is 0.927. The number of hydrogen-bond donors (Lipinski definition) is 0. The van der Waals surface area contributed by atoms with Gasteiger partial charge in [-0.15, -0.1) is 0 Å². The van der Waals surface area contributed by atoms with E-state index in [1.807, 2.05) is 58.0 Å². The second-order valence-corrected chi connectivity index (χ2v) is 6.83. The van der Waals surface area contributed by atoms with Crippen molar-refractivity contribution in [2.75, 3.05) is 13.1 Å². The van der Waals surface area contributed by atoms with Gasteiger partial charge in [0.2, 0.25) is 5.91 Å². The zero-order chi connectivity index (χ0) is 18.5. The Labute approximate surface area is 159 Å². The molecule has 0 atom stereocenters. The SMILES string of the molecule is CCCN(CCC)C(=O)Cn1c(-c2ccc(Cl)cc2)nc2ccccc21. The van der Waals surface area contributed by atoms with Crippen LogP contribution in [0.4, 0.5) is 0 Å². The third-order valence-corrected chi connectivity index (χ3v) is 4.64. The summed E-state index contributed by atoms with van der Waals surface area (Å²) in [5, 5.41) is 0.685. The van der Waals surface area contributed by atoms with Gasteiger partial charge in [0.15, 0.2) is 0 Å². The molecule has 26 heavy (non-hydrogen) atoms. The van der Waals surface area contributed by atoms with Crippen molar-refractivity contribution in [3.63, 3.8) is 0 Å². The fourth-order valence-electron chi connectivity index (χ4n) is 3.19. The molecule has 3 rings (SSSR count). The van der Waals surface area contributed by atoms with E-state index in [1.165, 1.54) is 0 Å². The van der Waals surface area contributed by atoms with Gasteiger partial charge in [-0.2, -0.15) is 0 Å². The Hall–Kier alpha value is -2.33. The van der Waals surface area contributed by atoms with E-state index in [-0.39, 0.29) is 5.91 Å². The fraction of sp³-hybridized carbons (Fsp3) is 0.333. The largest absolute Gasteiger partial charge is 0.341 e. The molecule has 1 aromatic heterocycles. The van der Waals surface area contributed by atoms with E-state index in [9.17, 15) is 4.79 Å². The highest BCUT2D eigenvalue weighted by Gasteiger charge is 2.18. The van der Waals surface area contributed by atoms with Gasteiger partial charge in [-0.25, -0.2) is 4.98 Å². The lowest BCUT2D eigenvalue weighted by atomic mass is 10.2. The van der Waals surface area contributed by atoms with Gasteiger partial charge >= 0.3 is 0 Å². The van der Waals surface area contributed by atoms with E-state index < -0.39 is 0 Å². The van der Waals surface area contributed by atoms with Crippen LogP contribution in [0.2, 0.25) is 5.02 Å². The summed E-state index contributed by atoms with van der Waals surface area (Å²) in [7, 11) is 0. The van der Waals surface area contributed by atoms with Crippen LogP contribution in [0.25, 0.3) is 22.4 Å². The number of halogens is 1. The Morgan fingerprint density at radius 3 is 2.35 bits per heavy atom. The van der Waals surface area contributed by atoms with Crippen molar-refractivity contribution in [3.05, 3.63) is 53.6 Å². The van der Waals surface area contributed by atoms with Crippen LogP contribution in [0.15, 0.2) is 48.5 Å². The zero-order valence-corrected chi connectivity index (χ0v) is 16.0. The predicted octanol–water partition coefficient (Wildman–Crippen LogP) is 5.01. The quantitative estimate of drug-likeness (QED) is 0.587. The smallest absolute Gasteiger partial charge is 0.242 e. The molecule has 0 N–H and O–H groups in total. The minimum absolute atomic E-state index is 0.132. The van der Waals surface area contributed by atoms with Crippen LogP contribution in [0.3, 0.4) is 0 Å². The molecule has 2 aromatic carbocycles. The minimum Gasteiger partial charge on any atom is -0.341 e. The summed E-state index contributed by atoms with van der Waals surface area (Å²) in [6.07, 6.45) is 1.92. The number of para-hydroxylation sites is 2. The Balaban J connectivity index is 2.01. The number of benzene rings is 2. The Kier molecular flexibility index (Phi) is 5.94. The van der Waals surface area contributed by atoms with Gasteiger partial charge in [0.1, 0.15) is 12.4 Å². The molecule has 1 amide bonds. The minimum atomic E-state index is 0.132. The van der Waals surface area contributed by atoms with Gasteiger partial charge in [0.25, 0.3) is 0 Å². The normalized spacial score (nSPS) is 11.0. The van der Waals surface area contributed by atoms with Crippen LogP contribution in [0.1, 0.15) is 26.7 Å². The molecule has 1 heterocycles. The molecule has 0 aliphatic rings. The second-order valence-electron chi connectivity index (χ2n) is 6.40. The number of hydrogen-bond acceptors (Lipinski definition) is 2. The van der Waals surface area contributed by atoms with Crippen LogP contribution < -0.4 is 0 Å². The first-order chi connectivity index (χ1) is 12.6. The highest BCUT2D eigenvalue weighted by molar-refractivity contribution is 6.30. The van der Waals surface area contributed by atoms with Crippen LogP contribution in [0, 0.1) is 0 Å². The summed E-state index contributed by atoms with van der Waals surface area (Å²) >= 11 is 6.03. The Morgan fingerprint density at radius 1 is 1.04 bits per heavy atom. The van der Waals surface area contributed by atoms with Gasteiger partial charge in [-0.05, 0) is 49.2 Å². The van der Waals surface area contributed by atoms with Crippen molar-refractivity contribution < 1.29 is 4.79 Å². The van der Waals surface area contributed by atoms with Gasteiger partial charge < -0.3 is 9.47 Å². The molecule has 0 unspecified atom stereocenters. The fourth-order valence-corrected chi connectivity index (χ4v) is 3.32. The van der Waals surface area contributed by atoms with Crippen LogP contribution in [-0.4, -0.2) is 33.4 Å². The van der Waals surface area contributed by atoms with Crippen molar-refractivity contribution in [1.82, 2.24) is 14.5 Å². The number of carbonyl (C=O) groups excluding carboxylic acids is 1. The van der Waals surface area contributed by atoms with Gasteiger partial charge in [0, 0.05) is 23.7 Å². The number of rotatable bonds is 7. The number of fused-ring (bicyclic) bond motifs is 1. The van der Waals surface area contributed by atoms with E-state index in [0.717, 1.165) is 48.4 Å². The molecule has 136 valence electrons. The van der Waals surface area contributed by atoms with Crippen LogP contribution in [0.5, 0.6) is 0 Å². The molecule has 0 spiro atoms. The highest BCUT2D eigenvalue weighted by atomic mass is 35.5. The lowest BCUT2D eigenvalue weighted by molar-refractivity contribution is -0.131. The number of carbonyl (C=O) groups is 1. The average molecular weight is 370 g/mol. The van der Waals surface area contributed by atoms with E-state index in [0.29, 0.717) is 11.6 Å². The molecular weight excluding hydrogens is 346 g/mol. The monoisotopic (exact) mass is 369 g/mol. The summed E-state index contributed by atoms with van der Waals surface area (Å²) < 4.78 is 2.01. The first-order valence-corrected chi connectivity index (χ1v) is 9.50. The van der Waals surface area contributed by atoms with E-state index in [2.05, 4.69) is 13.8 Å². The number of aromatic nitrogens is 2. The average Bonchev–Trinajstić information content (AvgIpc) is 3.01. The first kappa shape index (κ1) is 18.5. The summed E-state index contributed by atoms with van der Waals surface area (Å²) in [4.78, 5) is 19.6. The van der Waals surface area contributed by atoms with Crippen molar-refractivity contribution in [2.45, 2.75) is 33.2 Å². The highest BCUT2D eigenvalue weighted by Crippen LogP contribution is 2.26. The second kappa shape index (κ2) is 8.37. The van der Waals surface area contributed by atoms with E-state index in [1.54, 1.807) is 0 Å². The molecule has 0 aliphatic carbocycles. The number of imidazole rings is 1. The molecule has 4 nitrogen and oxygen atoms in total. The molecule has 0 saturated heterocycles. The number of nitrogens with zero attached hydrogens (tertiary/aromatic N) is 3.